The number of nitrogens with one attached hydrogen (secondary N) is 1. The van der Waals surface area contributed by atoms with Gasteiger partial charge in [-0.05, 0) is 37.0 Å². The monoisotopic (exact) mass is 345 g/mol. The molecule has 0 spiro atoms. The summed E-state index contributed by atoms with van der Waals surface area (Å²) < 4.78 is 0.767. The molecular formula is C14H17BrClNO2. The minimum atomic E-state index is -0.256. The summed E-state index contributed by atoms with van der Waals surface area (Å²) in [4.78, 5) is 12.0. The summed E-state index contributed by atoms with van der Waals surface area (Å²) in [7, 11) is 0. The van der Waals surface area contributed by atoms with Gasteiger partial charge in [-0.15, -0.1) is 11.6 Å². The molecule has 2 unspecified atom stereocenters. The fourth-order valence-corrected chi connectivity index (χ4v) is 3.13. The van der Waals surface area contributed by atoms with Crippen LogP contribution in [0, 0.1) is 5.92 Å². The number of hydrogen-bond donors (Lipinski definition) is 2. The van der Waals surface area contributed by atoms with Crippen LogP contribution in [0.5, 0.6) is 5.75 Å². The summed E-state index contributed by atoms with van der Waals surface area (Å²) >= 11 is 9.55. The second-order valence-corrected chi connectivity index (χ2v) is 6.41. The van der Waals surface area contributed by atoms with Gasteiger partial charge in [-0.25, -0.2) is 0 Å². The molecule has 0 aromatic heterocycles. The van der Waals surface area contributed by atoms with Gasteiger partial charge in [0, 0.05) is 16.4 Å². The summed E-state index contributed by atoms with van der Waals surface area (Å²) in [6, 6.07) is 4.82. The predicted octanol–water partition coefficient (Wildman–Crippen LogP) is 3.68. The van der Waals surface area contributed by atoms with Gasteiger partial charge in [0.2, 0.25) is 0 Å². The van der Waals surface area contributed by atoms with Gasteiger partial charge in [-0.1, -0.05) is 28.8 Å². The van der Waals surface area contributed by atoms with Crippen LogP contribution in [0.4, 0.5) is 0 Å². The highest BCUT2D eigenvalue weighted by Crippen LogP contribution is 2.28. The molecule has 1 aromatic rings. The number of aromatic hydroxyl groups is 1. The molecule has 0 saturated heterocycles. The highest BCUT2D eigenvalue weighted by atomic mass is 79.9. The zero-order valence-corrected chi connectivity index (χ0v) is 12.9. The Kier molecular flexibility index (Phi) is 5.11. The van der Waals surface area contributed by atoms with Gasteiger partial charge in [0.15, 0.2) is 0 Å². The van der Waals surface area contributed by atoms with E-state index in [-0.39, 0.29) is 22.6 Å². The molecule has 0 radical (unpaired) electrons. The van der Waals surface area contributed by atoms with Crippen molar-refractivity contribution in [1.82, 2.24) is 5.32 Å². The Morgan fingerprint density at radius 1 is 1.42 bits per heavy atom. The predicted molar refractivity (Wildman–Crippen MR) is 79.7 cm³/mol. The van der Waals surface area contributed by atoms with Gasteiger partial charge in [0.1, 0.15) is 5.75 Å². The minimum Gasteiger partial charge on any atom is -0.507 e. The van der Waals surface area contributed by atoms with Crippen molar-refractivity contribution in [1.29, 1.82) is 0 Å². The van der Waals surface area contributed by atoms with Crippen LogP contribution in [-0.2, 0) is 0 Å². The van der Waals surface area contributed by atoms with Crippen LogP contribution in [0.1, 0.15) is 36.0 Å². The summed E-state index contributed by atoms with van der Waals surface area (Å²) in [6.45, 7) is 0.568. The van der Waals surface area contributed by atoms with Crippen LogP contribution >= 0.6 is 27.5 Å². The first-order valence-electron chi connectivity index (χ1n) is 6.48. The number of alkyl halides is 1. The van der Waals surface area contributed by atoms with Crippen molar-refractivity contribution in [2.45, 2.75) is 31.1 Å². The van der Waals surface area contributed by atoms with Crippen molar-refractivity contribution < 1.29 is 9.90 Å². The molecular weight excluding hydrogens is 330 g/mol. The van der Waals surface area contributed by atoms with Crippen LogP contribution in [0.15, 0.2) is 22.7 Å². The summed E-state index contributed by atoms with van der Waals surface area (Å²) in [5, 5.41) is 12.7. The van der Waals surface area contributed by atoms with E-state index in [1.54, 1.807) is 12.1 Å². The molecule has 1 saturated carbocycles. The number of phenols is 1. The number of benzene rings is 1. The van der Waals surface area contributed by atoms with E-state index in [4.69, 9.17) is 11.6 Å². The van der Waals surface area contributed by atoms with E-state index in [0.29, 0.717) is 12.5 Å². The Hall–Kier alpha value is -0.740. The summed E-state index contributed by atoms with van der Waals surface area (Å²) in [5.41, 5.74) is 0.288. The molecule has 0 bridgehead atoms. The fourth-order valence-electron chi connectivity index (χ4n) is 2.40. The first-order valence-corrected chi connectivity index (χ1v) is 7.71. The maximum Gasteiger partial charge on any atom is 0.255 e. The van der Waals surface area contributed by atoms with E-state index < -0.39 is 0 Å². The number of hydrogen-bond acceptors (Lipinski definition) is 2. The zero-order valence-electron chi connectivity index (χ0n) is 10.5. The maximum absolute atomic E-state index is 12.0. The van der Waals surface area contributed by atoms with Gasteiger partial charge in [0.25, 0.3) is 5.91 Å². The third-order valence-electron chi connectivity index (χ3n) is 3.54. The highest BCUT2D eigenvalue weighted by molar-refractivity contribution is 9.10. The molecule has 1 aromatic carbocycles. The van der Waals surface area contributed by atoms with Crippen LogP contribution in [0.3, 0.4) is 0 Å². The van der Waals surface area contributed by atoms with Crippen molar-refractivity contribution in [3.05, 3.63) is 28.2 Å². The van der Waals surface area contributed by atoms with Gasteiger partial charge in [0.05, 0.1) is 5.56 Å². The Bertz CT molecular complexity index is 467. The van der Waals surface area contributed by atoms with Gasteiger partial charge >= 0.3 is 0 Å². The minimum absolute atomic E-state index is 0.00762. The van der Waals surface area contributed by atoms with E-state index in [2.05, 4.69) is 21.2 Å². The van der Waals surface area contributed by atoms with E-state index in [1.807, 2.05) is 0 Å². The lowest BCUT2D eigenvalue weighted by molar-refractivity contribution is 0.0941. The van der Waals surface area contributed by atoms with Crippen molar-refractivity contribution in [2.24, 2.45) is 5.92 Å². The highest BCUT2D eigenvalue weighted by Gasteiger charge is 2.24. The molecule has 1 fully saturated rings. The second-order valence-electron chi connectivity index (χ2n) is 4.93. The number of amides is 1. The van der Waals surface area contributed by atoms with Crippen LogP contribution in [-0.4, -0.2) is 22.9 Å². The lowest BCUT2D eigenvalue weighted by Gasteiger charge is -2.27. The maximum atomic E-state index is 12.0. The lowest BCUT2D eigenvalue weighted by atomic mass is 9.88. The van der Waals surface area contributed by atoms with Crippen molar-refractivity contribution >= 4 is 33.4 Å². The SMILES string of the molecule is O=C(NCC1CCCCC1Cl)c1cc(Br)ccc1O. The number of phenolic OH excluding ortho intramolecular Hbond substituents is 1. The summed E-state index contributed by atoms with van der Waals surface area (Å²) in [6.07, 6.45) is 4.42. The van der Waals surface area contributed by atoms with Crippen molar-refractivity contribution in [3.63, 3.8) is 0 Å². The van der Waals surface area contributed by atoms with Crippen LogP contribution in [0.2, 0.25) is 0 Å². The molecule has 19 heavy (non-hydrogen) atoms. The van der Waals surface area contributed by atoms with E-state index in [9.17, 15) is 9.90 Å². The third kappa shape index (κ3) is 3.86. The first kappa shape index (κ1) is 14.7. The molecule has 1 aliphatic carbocycles. The Balaban J connectivity index is 1.95. The van der Waals surface area contributed by atoms with Crippen molar-refractivity contribution in [2.75, 3.05) is 6.54 Å². The first-order chi connectivity index (χ1) is 9.08. The van der Waals surface area contributed by atoms with Crippen molar-refractivity contribution in [3.8, 4) is 5.75 Å². The largest absolute Gasteiger partial charge is 0.507 e. The standard InChI is InChI=1S/C14H17BrClNO2/c15-10-5-6-13(18)11(7-10)14(19)17-8-9-3-1-2-4-12(9)16/h5-7,9,12,18H,1-4,8H2,(H,17,19). The van der Waals surface area contributed by atoms with E-state index in [1.165, 1.54) is 18.9 Å². The second kappa shape index (κ2) is 6.62. The zero-order chi connectivity index (χ0) is 13.8. The average molecular weight is 347 g/mol. The van der Waals surface area contributed by atoms with Crippen LogP contribution < -0.4 is 5.32 Å². The van der Waals surface area contributed by atoms with Gasteiger partial charge < -0.3 is 10.4 Å². The molecule has 5 heteroatoms. The molecule has 0 heterocycles. The Morgan fingerprint density at radius 2 is 2.16 bits per heavy atom. The molecule has 0 aliphatic heterocycles. The van der Waals surface area contributed by atoms with E-state index in [0.717, 1.165) is 17.3 Å². The van der Waals surface area contributed by atoms with Crippen LogP contribution in [0.25, 0.3) is 0 Å². The quantitative estimate of drug-likeness (QED) is 0.820. The van der Waals surface area contributed by atoms with Gasteiger partial charge in [-0.3, -0.25) is 4.79 Å². The smallest absolute Gasteiger partial charge is 0.255 e. The molecule has 1 amide bonds. The Morgan fingerprint density at radius 3 is 2.89 bits per heavy atom. The fraction of sp³-hybridized carbons (Fsp3) is 0.500. The Labute approximate surface area is 126 Å². The lowest BCUT2D eigenvalue weighted by Crippen LogP contribution is -2.34. The number of rotatable bonds is 3. The molecule has 1 aliphatic rings. The third-order valence-corrected chi connectivity index (χ3v) is 4.61. The normalized spacial score (nSPS) is 23.1. The average Bonchev–Trinajstić information content (AvgIpc) is 2.40. The number of halogens is 2. The molecule has 3 nitrogen and oxygen atoms in total. The topological polar surface area (TPSA) is 49.3 Å². The van der Waals surface area contributed by atoms with Gasteiger partial charge in [-0.2, -0.15) is 0 Å². The summed E-state index contributed by atoms with van der Waals surface area (Å²) in [5.74, 6) is 0.0636. The van der Waals surface area contributed by atoms with E-state index >= 15 is 0 Å². The molecule has 2 rings (SSSR count). The number of carbonyl (C=O) groups is 1. The molecule has 104 valence electrons. The molecule has 2 N–H and O–H groups in total. The molecule has 2 atom stereocenters. The number of carbonyl (C=O) groups excluding carboxylic acids is 1.